The lowest BCUT2D eigenvalue weighted by Crippen LogP contribution is -2.02. The van der Waals surface area contributed by atoms with Crippen LogP contribution in [0.5, 0.6) is 5.75 Å². The van der Waals surface area contributed by atoms with Crippen molar-refractivity contribution in [3.05, 3.63) is 39.7 Å². The lowest BCUT2D eigenvalue weighted by molar-refractivity contribution is 0.276. The first-order valence-electron chi connectivity index (χ1n) is 4.49. The SMILES string of the molecule is Cc1cc(=O)c2c(O)c(CO)ccc2o1. The van der Waals surface area contributed by atoms with Gasteiger partial charge < -0.3 is 14.6 Å². The van der Waals surface area contributed by atoms with E-state index in [0.29, 0.717) is 16.9 Å². The van der Waals surface area contributed by atoms with Crippen molar-refractivity contribution < 1.29 is 14.6 Å². The quantitative estimate of drug-likeness (QED) is 0.737. The van der Waals surface area contributed by atoms with Gasteiger partial charge in [0.25, 0.3) is 0 Å². The zero-order valence-corrected chi connectivity index (χ0v) is 8.15. The molecule has 0 radical (unpaired) electrons. The molecule has 0 aliphatic carbocycles. The average Bonchev–Trinajstić information content (AvgIpc) is 2.17. The van der Waals surface area contributed by atoms with Crippen LogP contribution < -0.4 is 5.43 Å². The smallest absolute Gasteiger partial charge is 0.196 e. The predicted molar refractivity (Wildman–Crippen MR) is 54.8 cm³/mol. The molecule has 4 nitrogen and oxygen atoms in total. The Morgan fingerprint density at radius 3 is 2.80 bits per heavy atom. The number of fused-ring (bicyclic) bond motifs is 1. The van der Waals surface area contributed by atoms with E-state index < -0.39 is 0 Å². The topological polar surface area (TPSA) is 70.7 Å². The maximum Gasteiger partial charge on any atom is 0.196 e. The number of hydrogen-bond acceptors (Lipinski definition) is 4. The van der Waals surface area contributed by atoms with E-state index in [1.165, 1.54) is 12.1 Å². The van der Waals surface area contributed by atoms with Gasteiger partial charge in [0.2, 0.25) is 0 Å². The molecule has 1 aromatic carbocycles. The minimum atomic E-state index is -0.310. The van der Waals surface area contributed by atoms with Crippen LogP contribution in [0.4, 0.5) is 0 Å². The van der Waals surface area contributed by atoms with Crippen LogP contribution in [-0.2, 0) is 6.61 Å². The molecule has 0 bridgehead atoms. The van der Waals surface area contributed by atoms with Crippen LogP contribution in [0.25, 0.3) is 11.0 Å². The molecule has 2 aromatic rings. The molecule has 15 heavy (non-hydrogen) atoms. The summed E-state index contributed by atoms with van der Waals surface area (Å²) in [4.78, 5) is 11.6. The van der Waals surface area contributed by atoms with Crippen molar-refractivity contribution in [2.75, 3.05) is 0 Å². The minimum absolute atomic E-state index is 0.118. The van der Waals surface area contributed by atoms with Crippen molar-refractivity contribution in [2.45, 2.75) is 13.5 Å². The van der Waals surface area contributed by atoms with Crippen molar-refractivity contribution in [1.29, 1.82) is 0 Å². The third-order valence-corrected chi connectivity index (χ3v) is 2.25. The average molecular weight is 206 g/mol. The zero-order chi connectivity index (χ0) is 11.0. The van der Waals surface area contributed by atoms with Crippen molar-refractivity contribution in [3.63, 3.8) is 0 Å². The van der Waals surface area contributed by atoms with Gasteiger partial charge in [-0.3, -0.25) is 4.79 Å². The van der Waals surface area contributed by atoms with Gasteiger partial charge in [-0.25, -0.2) is 0 Å². The van der Waals surface area contributed by atoms with E-state index in [4.69, 9.17) is 9.52 Å². The van der Waals surface area contributed by atoms with E-state index in [1.54, 1.807) is 13.0 Å². The minimum Gasteiger partial charge on any atom is -0.507 e. The van der Waals surface area contributed by atoms with Gasteiger partial charge in [0.05, 0.1) is 6.61 Å². The number of aryl methyl sites for hydroxylation is 1. The highest BCUT2D eigenvalue weighted by molar-refractivity contribution is 5.84. The summed E-state index contributed by atoms with van der Waals surface area (Å²) in [5.41, 5.74) is 0.343. The Morgan fingerprint density at radius 1 is 1.40 bits per heavy atom. The molecule has 0 aliphatic heterocycles. The third-order valence-electron chi connectivity index (χ3n) is 2.25. The molecule has 2 N–H and O–H groups in total. The second-order valence-electron chi connectivity index (χ2n) is 3.33. The number of benzene rings is 1. The number of aliphatic hydroxyl groups excluding tert-OH is 1. The largest absolute Gasteiger partial charge is 0.507 e. The first kappa shape index (κ1) is 9.73. The Kier molecular flexibility index (Phi) is 2.21. The lowest BCUT2D eigenvalue weighted by atomic mass is 10.1. The summed E-state index contributed by atoms with van der Waals surface area (Å²) in [7, 11) is 0. The predicted octanol–water partition coefficient (Wildman–Crippen LogP) is 1.30. The van der Waals surface area contributed by atoms with Crippen molar-refractivity contribution >= 4 is 11.0 Å². The maximum absolute atomic E-state index is 11.6. The Bertz CT molecular complexity index is 569. The summed E-state index contributed by atoms with van der Waals surface area (Å²) in [6.07, 6.45) is 0. The van der Waals surface area contributed by atoms with Crippen LogP contribution in [0.2, 0.25) is 0 Å². The highest BCUT2D eigenvalue weighted by Crippen LogP contribution is 2.26. The molecule has 0 spiro atoms. The Hall–Kier alpha value is -1.81. The Balaban J connectivity index is 2.93. The molecule has 0 saturated carbocycles. The van der Waals surface area contributed by atoms with E-state index in [1.807, 2.05) is 0 Å². The fourth-order valence-corrected chi connectivity index (χ4v) is 1.53. The van der Waals surface area contributed by atoms with E-state index in [2.05, 4.69) is 0 Å². The number of phenols is 1. The molecule has 0 aliphatic rings. The first-order valence-corrected chi connectivity index (χ1v) is 4.49. The van der Waals surface area contributed by atoms with Crippen LogP contribution >= 0.6 is 0 Å². The fourth-order valence-electron chi connectivity index (χ4n) is 1.53. The van der Waals surface area contributed by atoms with Gasteiger partial charge in [-0.1, -0.05) is 0 Å². The molecule has 0 unspecified atom stereocenters. The molecule has 2 rings (SSSR count). The van der Waals surface area contributed by atoms with Gasteiger partial charge in [0, 0.05) is 11.6 Å². The molecule has 78 valence electrons. The van der Waals surface area contributed by atoms with E-state index in [0.717, 1.165) is 0 Å². The number of hydrogen-bond donors (Lipinski definition) is 2. The van der Waals surface area contributed by atoms with Gasteiger partial charge in [-0.15, -0.1) is 0 Å². The van der Waals surface area contributed by atoms with Gasteiger partial charge in [-0.05, 0) is 19.1 Å². The van der Waals surface area contributed by atoms with Gasteiger partial charge in [0.1, 0.15) is 22.5 Å². The van der Waals surface area contributed by atoms with E-state index >= 15 is 0 Å². The molecule has 1 heterocycles. The van der Waals surface area contributed by atoms with Crippen LogP contribution in [0.15, 0.2) is 27.4 Å². The summed E-state index contributed by atoms with van der Waals surface area (Å²) >= 11 is 0. The molecular weight excluding hydrogens is 196 g/mol. The molecule has 1 aromatic heterocycles. The monoisotopic (exact) mass is 206 g/mol. The fraction of sp³-hybridized carbons (Fsp3) is 0.182. The normalized spacial score (nSPS) is 10.8. The van der Waals surface area contributed by atoms with Crippen LogP contribution in [0, 0.1) is 6.92 Å². The summed E-state index contributed by atoms with van der Waals surface area (Å²) in [6.45, 7) is 1.35. The first-order chi connectivity index (χ1) is 7.13. The molecule has 0 atom stereocenters. The lowest BCUT2D eigenvalue weighted by Gasteiger charge is -2.04. The van der Waals surface area contributed by atoms with Crippen molar-refractivity contribution in [2.24, 2.45) is 0 Å². The molecular formula is C11H10O4. The highest BCUT2D eigenvalue weighted by atomic mass is 16.3. The van der Waals surface area contributed by atoms with Crippen LogP contribution in [-0.4, -0.2) is 10.2 Å². The van der Waals surface area contributed by atoms with Crippen LogP contribution in [0.1, 0.15) is 11.3 Å². The molecule has 4 heteroatoms. The maximum atomic E-state index is 11.6. The van der Waals surface area contributed by atoms with Gasteiger partial charge in [0.15, 0.2) is 5.43 Å². The third kappa shape index (κ3) is 1.49. The summed E-state index contributed by atoms with van der Waals surface area (Å²) in [6, 6.07) is 4.40. The summed E-state index contributed by atoms with van der Waals surface area (Å²) in [5, 5.41) is 18.7. The van der Waals surface area contributed by atoms with Crippen LogP contribution in [0.3, 0.4) is 0 Å². The Labute approximate surface area is 85.4 Å². The standard InChI is InChI=1S/C11H10O4/c1-6-4-8(13)10-9(15-6)3-2-7(5-12)11(10)14/h2-4,12,14H,5H2,1H3. The molecule has 0 amide bonds. The summed E-state index contributed by atoms with van der Waals surface area (Å²) in [5.74, 6) is 0.285. The van der Waals surface area contributed by atoms with Crippen molar-refractivity contribution in [1.82, 2.24) is 0 Å². The zero-order valence-electron chi connectivity index (χ0n) is 8.15. The van der Waals surface area contributed by atoms with E-state index in [9.17, 15) is 9.90 Å². The van der Waals surface area contributed by atoms with Gasteiger partial charge in [-0.2, -0.15) is 0 Å². The molecule has 0 saturated heterocycles. The second kappa shape index (κ2) is 3.40. The second-order valence-corrected chi connectivity index (χ2v) is 3.33. The van der Waals surface area contributed by atoms with Gasteiger partial charge >= 0.3 is 0 Å². The Morgan fingerprint density at radius 2 is 2.13 bits per heavy atom. The summed E-state index contributed by atoms with van der Waals surface area (Å²) < 4.78 is 5.28. The van der Waals surface area contributed by atoms with Crippen molar-refractivity contribution in [3.8, 4) is 5.75 Å². The highest BCUT2D eigenvalue weighted by Gasteiger charge is 2.10. The number of aromatic hydroxyl groups is 1. The molecule has 0 fully saturated rings. The number of aliphatic hydroxyl groups is 1. The number of rotatable bonds is 1. The van der Waals surface area contributed by atoms with E-state index in [-0.39, 0.29) is 23.2 Å².